The van der Waals surface area contributed by atoms with Crippen LogP contribution in [-0.2, 0) is 4.74 Å². The zero-order valence-corrected chi connectivity index (χ0v) is 8.00. The zero-order valence-electron chi connectivity index (χ0n) is 8.00. The van der Waals surface area contributed by atoms with Gasteiger partial charge in [0, 0.05) is 20.1 Å². The van der Waals surface area contributed by atoms with Crippen molar-refractivity contribution in [2.75, 3.05) is 13.7 Å². The van der Waals surface area contributed by atoms with E-state index in [9.17, 15) is 4.79 Å². The van der Waals surface area contributed by atoms with E-state index in [0.29, 0.717) is 18.8 Å². The van der Waals surface area contributed by atoms with E-state index in [1.807, 2.05) is 6.92 Å². The van der Waals surface area contributed by atoms with E-state index in [-0.39, 0.29) is 5.78 Å². The van der Waals surface area contributed by atoms with Gasteiger partial charge in [-0.05, 0) is 25.0 Å². The number of Topliss-reactive ketones (excluding diaryl/α,β-unsaturated/α-hetero) is 1. The number of ketones is 1. The van der Waals surface area contributed by atoms with Gasteiger partial charge in [-0.1, -0.05) is 0 Å². The summed E-state index contributed by atoms with van der Waals surface area (Å²) in [5.74, 6) is 0.538. The topological polar surface area (TPSA) is 39.4 Å². The summed E-state index contributed by atoms with van der Waals surface area (Å²) < 4.78 is 9.92. The molecule has 0 spiro atoms. The molecule has 3 heteroatoms. The first-order valence-corrected chi connectivity index (χ1v) is 4.32. The Kier molecular flexibility index (Phi) is 3.71. The van der Waals surface area contributed by atoms with Crippen LogP contribution in [-0.4, -0.2) is 19.5 Å². The summed E-state index contributed by atoms with van der Waals surface area (Å²) in [6.45, 7) is 2.48. The summed E-state index contributed by atoms with van der Waals surface area (Å²) in [6.07, 6.45) is 2.77. The highest BCUT2D eigenvalue weighted by Crippen LogP contribution is 2.12. The monoisotopic (exact) mass is 182 g/mol. The summed E-state index contributed by atoms with van der Waals surface area (Å²) in [7, 11) is 1.63. The number of ether oxygens (including phenoxy) is 1. The average Bonchev–Trinajstić information content (AvgIpc) is 2.52. The molecule has 0 N–H and O–H groups in total. The van der Waals surface area contributed by atoms with Gasteiger partial charge < -0.3 is 9.15 Å². The first-order valence-electron chi connectivity index (χ1n) is 4.32. The van der Waals surface area contributed by atoms with Gasteiger partial charge in [-0.15, -0.1) is 0 Å². The van der Waals surface area contributed by atoms with Crippen LogP contribution in [0.25, 0.3) is 0 Å². The molecule has 0 aliphatic rings. The van der Waals surface area contributed by atoms with Crippen molar-refractivity contribution in [2.24, 2.45) is 0 Å². The third-order valence-corrected chi connectivity index (χ3v) is 1.87. The van der Waals surface area contributed by atoms with Gasteiger partial charge in [-0.25, -0.2) is 0 Å². The molecule has 0 unspecified atom stereocenters. The van der Waals surface area contributed by atoms with Crippen LogP contribution in [0.5, 0.6) is 0 Å². The van der Waals surface area contributed by atoms with Crippen molar-refractivity contribution in [2.45, 2.75) is 19.8 Å². The van der Waals surface area contributed by atoms with E-state index in [4.69, 9.17) is 9.15 Å². The number of aryl methyl sites for hydroxylation is 1. The summed E-state index contributed by atoms with van der Waals surface area (Å²) >= 11 is 0. The van der Waals surface area contributed by atoms with Gasteiger partial charge in [-0.2, -0.15) is 0 Å². The Balaban J connectivity index is 2.45. The maximum absolute atomic E-state index is 11.5. The number of hydrogen-bond acceptors (Lipinski definition) is 3. The lowest BCUT2D eigenvalue weighted by molar-refractivity contribution is 0.0936. The second kappa shape index (κ2) is 4.82. The van der Waals surface area contributed by atoms with Gasteiger partial charge in [0.2, 0.25) is 0 Å². The third-order valence-electron chi connectivity index (χ3n) is 1.87. The maximum atomic E-state index is 11.5. The maximum Gasteiger partial charge on any atom is 0.198 e. The molecule has 0 bridgehead atoms. The van der Waals surface area contributed by atoms with E-state index in [2.05, 4.69) is 0 Å². The number of hydrogen-bond donors (Lipinski definition) is 0. The Morgan fingerprint density at radius 3 is 2.92 bits per heavy atom. The van der Waals surface area contributed by atoms with Crippen LogP contribution in [0.3, 0.4) is 0 Å². The largest absolute Gasteiger partial charge is 0.461 e. The molecule has 0 atom stereocenters. The molecule has 0 aliphatic carbocycles. The van der Waals surface area contributed by atoms with Crippen molar-refractivity contribution in [3.63, 3.8) is 0 Å². The minimum atomic E-state index is 0.0551. The molecule has 0 fully saturated rings. The molecule has 0 amide bonds. The van der Waals surface area contributed by atoms with E-state index >= 15 is 0 Å². The quantitative estimate of drug-likeness (QED) is 0.517. The highest BCUT2D eigenvalue weighted by Gasteiger charge is 2.11. The molecule has 1 aromatic rings. The Hall–Kier alpha value is -1.09. The normalized spacial score (nSPS) is 10.3. The van der Waals surface area contributed by atoms with Gasteiger partial charge in [0.1, 0.15) is 0 Å². The minimum Gasteiger partial charge on any atom is -0.461 e. The second-order valence-corrected chi connectivity index (χ2v) is 2.95. The lowest BCUT2D eigenvalue weighted by Crippen LogP contribution is -2.01. The highest BCUT2D eigenvalue weighted by molar-refractivity contribution is 5.94. The Morgan fingerprint density at radius 2 is 2.38 bits per heavy atom. The molecular formula is C10H14O3. The number of rotatable bonds is 5. The predicted octanol–water partition coefficient (Wildman–Crippen LogP) is 2.20. The number of carbonyl (C=O) groups is 1. The van der Waals surface area contributed by atoms with Gasteiger partial charge in [0.05, 0.1) is 6.26 Å². The summed E-state index contributed by atoms with van der Waals surface area (Å²) in [6, 6.07) is 1.80. The van der Waals surface area contributed by atoms with Crippen molar-refractivity contribution in [3.8, 4) is 0 Å². The Bertz CT molecular complexity index is 275. The SMILES string of the molecule is COCCCC(=O)c1occc1C. The van der Waals surface area contributed by atoms with Crippen molar-refractivity contribution >= 4 is 5.78 Å². The third kappa shape index (κ3) is 2.70. The Labute approximate surface area is 77.7 Å². The first kappa shape index (κ1) is 9.99. The summed E-state index contributed by atoms with van der Waals surface area (Å²) in [5, 5.41) is 0. The van der Waals surface area contributed by atoms with E-state index in [1.165, 1.54) is 0 Å². The second-order valence-electron chi connectivity index (χ2n) is 2.95. The molecular weight excluding hydrogens is 168 g/mol. The van der Waals surface area contributed by atoms with Crippen LogP contribution in [0.1, 0.15) is 29.0 Å². The van der Waals surface area contributed by atoms with Gasteiger partial charge >= 0.3 is 0 Å². The van der Waals surface area contributed by atoms with Crippen LogP contribution < -0.4 is 0 Å². The van der Waals surface area contributed by atoms with Crippen molar-refractivity contribution in [3.05, 3.63) is 23.7 Å². The fourth-order valence-corrected chi connectivity index (χ4v) is 1.15. The van der Waals surface area contributed by atoms with Crippen molar-refractivity contribution in [1.82, 2.24) is 0 Å². The van der Waals surface area contributed by atoms with E-state index in [0.717, 1.165) is 12.0 Å². The molecule has 3 nitrogen and oxygen atoms in total. The molecule has 0 aromatic carbocycles. The Morgan fingerprint density at radius 1 is 1.62 bits per heavy atom. The van der Waals surface area contributed by atoms with Crippen molar-refractivity contribution < 1.29 is 13.9 Å². The van der Waals surface area contributed by atoms with Crippen LogP contribution in [0.2, 0.25) is 0 Å². The predicted molar refractivity (Wildman–Crippen MR) is 48.9 cm³/mol. The zero-order chi connectivity index (χ0) is 9.68. The molecule has 1 heterocycles. The van der Waals surface area contributed by atoms with Gasteiger partial charge in [-0.3, -0.25) is 4.79 Å². The molecule has 1 rings (SSSR count). The number of methoxy groups -OCH3 is 1. The van der Waals surface area contributed by atoms with Gasteiger partial charge in [0.15, 0.2) is 11.5 Å². The summed E-state index contributed by atoms with van der Waals surface area (Å²) in [5.41, 5.74) is 0.905. The molecule has 13 heavy (non-hydrogen) atoms. The van der Waals surface area contributed by atoms with Gasteiger partial charge in [0.25, 0.3) is 0 Å². The molecule has 0 aliphatic heterocycles. The minimum absolute atomic E-state index is 0.0551. The average molecular weight is 182 g/mol. The standard InChI is InChI=1S/C10H14O3/c1-8-5-7-13-10(8)9(11)4-3-6-12-2/h5,7H,3-4,6H2,1-2H3. The molecule has 0 saturated carbocycles. The van der Waals surface area contributed by atoms with Crippen LogP contribution in [0, 0.1) is 6.92 Å². The van der Waals surface area contributed by atoms with E-state index in [1.54, 1.807) is 19.4 Å². The molecule has 0 saturated heterocycles. The fourth-order valence-electron chi connectivity index (χ4n) is 1.15. The van der Waals surface area contributed by atoms with Crippen molar-refractivity contribution in [1.29, 1.82) is 0 Å². The number of carbonyl (C=O) groups excluding carboxylic acids is 1. The van der Waals surface area contributed by atoms with Crippen LogP contribution in [0.15, 0.2) is 16.7 Å². The highest BCUT2D eigenvalue weighted by atomic mass is 16.5. The molecule has 72 valence electrons. The lowest BCUT2D eigenvalue weighted by atomic mass is 10.1. The lowest BCUT2D eigenvalue weighted by Gasteiger charge is -1.98. The first-order chi connectivity index (χ1) is 6.25. The fraction of sp³-hybridized carbons (Fsp3) is 0.500. The van der Waals surface area contributed by atoms with Crippen LogP contribution in [0.4, 0.5) is 0 Å². The molecule has 1 aromatic heterocycles. The summed E-state index contributed by atoms with van der Waals surface area (Å²) in [4.78, 5) is 11.5. The smallest absolute Gasteiger partial charge is 0.198 e. The molecule has 0 radical (unpaired) electrons. The van der Waals surface area contributed by atoms with Crippen LogP contribution >= 0.6 is 0 Å². The van der Waals surface area contributed by atoms with E-state index < -0.39 is 0 Å². The number of furan rings is 1.